The minimum atomic E-state index is 0.604. The Hall–Kier alpha value is -1.03. The Morgan fingerprint density at radius 1 is 1.57 bits per heavy atom. The lowest BCUT2D eigenvalue weighted by Crippen LogP contribution is -2.08. The van der Waals surface area contributed by atoms with Gasteiger partial charge in [0.1, 0.15) is 0 Å². The molecule has 1 rings (SSSR count). The molecule has 80 valence electrons. The molecule has 0 saturated carbocycles. The number of aromatic nitrogens is 2. The Kier molecular flexibility index (Phi) is 4.46. The average molecular weight is 197 g/mol. The maximum absolute atomic E-state index is 5.40. The fourth-order valence-electron chi connectivity index (χ4n) is 1.16. The van der Waals surface area contributed by atoms with E-state index in [4.69, 9.17) is 10.5 Å². The van der Waals surface area contributed by atoms with E-state index in [9.17, 15) is 0 Å². The van der Waals surface area contributed by atoms with Crippen LogP contribution in [-0.2, 0) is 6.54 Å². The van der Waals surface area contributed by atoms with Gasteiger partial charge in [-0.15, -0.1) is 5.10 Å². The lowest BCUT2D eigenvalue weighted by molar-refractivity contribution is 0.295. The molecule has 0 atom stereocenters. The van der Waals surface area contributed by atoms with Crippen molar-refractivity contribution in [1.29, 1.82) is 0 Å². The van der Waals surface area contributed by atoms with Crippen molar-refractivity contribution in [2.45, 2.75) is 26.8 Å². The summed E-state index contributed by atoms with van der Waals surface area (Å²) < 4.78 is 7.30. The number of nitrogens with zero attached hydrogens (tertiary/aromatic N) is 2. The van der Waals surface area contributed by atoms with Gasteiger partial charge in [-0.05, 0) is 18.9 Å². The Labute approximate surface area is 85.0 Å². The molecule has 0 amide bonds. The number of nitrogens with two attached hydrogens (primary N) is 1. The van der Waals surface area contributed by atoms with E-state index in [1.807, 2.05) is 16.9 Å². The highest BCUT2D eigenvalue weighted by Crippen LogP contribution is 2.07. The fraction of sp³-hybridized carbons (Fsp3) is 0.700. The van der Waals surface area contributed by atoms with Gasteiger partial charge in [0.2, 0.25) is 5.88 Å². The number of rotatable bonds is 6. The summed E-state index contributed by atoms with van der Waals surface area (Å²) in [6.45, 7) is 6.56. The molecule has 0 fully saturated rings. The predicted octanol–water partition coefficient (Wildman–Crippen LogP) is 1.27. The normalized spacial score (nSPS) is 10.9. The van der Waals surface area contributed by atoms with Crippen LogP contribution < -0.4 is 10.5 Å². The molecule has 0 aliphatic heterocycles. The minimum Gasteiger partial charge on any atom is -0.477 e. The molecule has 0 unspecified atom stereocenters. The number of ether oxygens (including phenoxy) is 1. The highest BCUT2D eigenvalue weighted by molar-refractivity contribution is 5.05. The van der Waals surface area contributed by atoms with Crippen LogP contribution in [0.1, 0.15) is 20.3 Å². The van der Waals surface area contributed by atoms with E-state index in [2.05, 4.69) is 18.9 Å². The summed E-state index contributed by atoms with van der Waals surface area (Å²) in [6, 6.07) is 1.89. The second-order valence-electron chi connectivity index (χ2n) is 3.76. The molecule has 0 aliphatic rings. The summed E-state index contributed by atoms with van der Waals surface area (Å²) in [5.74, 6) is 1.30. The van der Waals surface area contributed by atoms with Crippen molar-refractivity contribution in [3.8, 4) is 5.88 Å². The molecule has 4 heteroatoms. The van der Waals surface area contributed by atoms with Crippen LogP contribution in [0.4, 0.5) is 0 Å². The third-order valence-electron chi connectivity index (χ3n) is 1.77. The van der Waals surface area contributed by atoms with Gasteiger partial charge in [0.25, 0.3) is 0 Å². The zero-order chi connectivity index (χ0) is 10.4. The first-order valence-electron chi connectivity index (χ1n) is 5.08. The zero-order valence-corrected chi connectivity index (χ0v) is 8.94. The smallest absolute Gasteiger partial charge is 0.232 e. The highest BCUT2D eigenvalue weighted by Gasteiger charge is 2.00. The second-order valence-corrected chi connectivity index (χ2v) is 3.76. The van der Waals surface area contributed by atoms with Gasteiger partial charge in [-0.3, -0.25) is 4.68 Å². The Morgan fingerprint density at radius 2 is 2.36 bits per heavy atom. The first kappa shape index (κ1) is 11.0. The zero-order valence-electron chi connectivity index (χ0n) is 8.94. The summed E-state index contributed by atoms with van der Waals surface area (Å²) in [5, 5.41) is 4.28. The summed E-state index contributed by atoms with van der Waals surface area (Å²) in [6.07, 6.45) is 2.81. The van der Waals surface area contributed by atoms with Crippen molar-refractivity contribution < 1.29 is 4.74 Å². The standard InChI is InChI=1S/C10H19N3O/c1-9(2)8-13-6-4-10(12-13)14-7-3-5-11/h4,6,9H,3,5,7-8,11H2,1-2H3. The lowest BCUT2D eigenvalue weighted by Gasteiger charge is -2.04. The first-order valence-corrected chi connectivity index (χ1v) is 5.08. The quantitative estimate of drug-likeness (QED) is 0.699. The van der Waals surface area contributed by atoms with Gasteiger partial charge >= 0.3 is 0 Å². The maximum atomic E-state index is 5.40. The Bertz CT molecular complexity index is 258. The Balaban J connectivity index is 2.35. The molecule has 4 nitrogen and oxygen atoms in total. The van der Waals surface area contributed by atoms with Crippen LogP contribution in [-0.4, -0.2) is 22.9 Å². The van der Waals surface area contributed by atoms with Crippen molar-refractivity contribution in [3.63, 3.8) is 0 Å². The molecule has 1 aromatic heterocycles. The second kappa shape index (κ2) is 5.65. The molecule has 0 bridgehead atoms. The van der Waals surface area contributed by atoms with Crippen LogP contribution in [0.3, 0.4) is 0 Å². The van der Waals surface area contributed by atoms with E-state index in [-0.39, 0.29) is 0 Å². The third kappa shape index (κ3) is 3.79. The van der Waals surface area contributed by atoms with Gasteiger partial charge < -0.3 is 10.5 Å². The SMILES string of the molecule is CC(C)Cn1ccc(OCCCN)n1. The first-order chi connectivity index (χ1) is 6.72. The van der Waals surface area contributed by atoms with E-state index in [1.165, 1.54) is 0 Å². The van der Waals surface area contributed by atoms with Gasteiger partial charge in [-0.2, -0.15) is 0 Å². The van der Waals surface area contributed by atoms with Crippen LogP contribution in [0.15, 0.2) is 12.3 Å². The lowest BCUT2D eigenvalue weighted by atomic mass is 10.2. The number of hydrogen-bond donors (Lipinski definition) is 1. The van der Waals surface area contributed by atoms with Crippen LogP contribution in [0.5, 0.6) is 5.88 Å². The molecule has 0 spiro atoms. The van der Waals surface area contributed by atoms with E-state index in [0.29, 0.717) is 24.9 Å². The van der Waals surface area contributed by atoms with E-state index < -0.39 is 0 Å². The summed E-state index contributed by atoms with van der Waals surface area (Å²) in [4.78, 5) is 0. The minimum absolute atomic E-state index is 0.604. The summed E-state index contributed by atoms with van der Waals surface area (Å²) >= 11 is 0. The van der Waals surface area contributed by atoms with E-state index in [0.717, 1.165) is 13.0 Å². The fourth-order valence-corrected chi connectivity index (χ4v) is 1.16. The maximum Gasteiger partial charge on any atom is 0.232 e. The Morgan fingerprint density at radius 3 is 3.00 bits per heavy atom. The van der Waals surface area contributed by atoms with Crippen LogP contribution in [0.2, 0.25) is 0 Å². The van der Waals surface area contributed by atoms with Crippen molar-refractivity contribution in [2.24, 2.45) is 11.7 Å². The monoisotopic (exact) mass is 197 g/mol. The van der Waals surface area contributed by atoms with Gasteiger partial charge in [0.15, 0.2) is 0 Å². The highest BCUT2D eigenvalue weighted by atomic mass is 16.5. The van der Waals surface area contributed by atoms with Gasteiger partial charge in [0, 0.05) is 18.8 Å². The van der Waals surface area contributed by atoms with Crippen LogP contribution in [0.25, 0.3) is 0 Å². The van der Waals surface area contributed by atoms with Gasteiger partial charge in [-0.1, -0.05) is 13.8 Å². The molecule has 0 aromatic carbocycles. The molecular formula is C10H19N3O. The molecule has 1 heterocycles. The third-order valence-corrected chi connectivity index (χ3v) is 1.77. The average Bonchev–Trinajstić information content (AvgIpc) is 2.52. The molecule has 0 aliphatic carbocycles. The van der Waals surface area contributed by atoms with Crippen molar-refractivity contribution in [1.82, 2.24) is 9.78 Å². The topological polar surface area (TPSA) is 53.1 Å². The van der Waals surface area contributed by atoms with E-state index in [1.54, 1.807) is 0 Å². The largest absolute Gasteiger partial charge is 0.477 e. The molecule has 0 saturated heterocycles. The van der Waals surface area contributed by atoms with Crippen LogP contribution >= 0.6 is 0 Å². The molecule has 2 N–H and O–H groups in total. The summed E-state index contributed by atoms with van der Waals surface area (Å²) in [7, 11) is 0. The van der Waals surface area contributed by atoms with Crippen LogP contribution in [0, 0.1) is 5.92 Å². The molecule has 1 aromatic rings. The summed E-state index contributed by atoms with van der Waals surface area (Å²) in [5.41, 5.74) is 5.36. The number of hydrogen-bond acceptors (Lipinski definition) is 3. The predicted molar refractivity (Wildman–Crippen MR) is 56.2 cm³/mol. The molecular weight excluding hydrogens is 178 g/mol. The van der Waals surface area contributed by atoms with Gasteiger partial charge in [0.05, 0.1) is 6.61 Å². The van der Waals surface area contributed by atoms with Crippen molar-refractivity contribution in [2.75, 3.05) is 13.2 Å². The molecule has 0 radical (unpaired) electrons. The molecule has 14 heavy (non-hydrogen) atoms. The van der Waals surface area contributed by atoms with E-state index >= 15 is 0 Å². The van der Waals surface area contributed by atoms with Crippen molar-refractivity contribution in [3.05, 3.63) is 12.3 Å². The van der Waals surface area contributed by atoms with Crippen molar-refractivity contribution >= 4 is 0 Å². The van der Waals surface area contributed by atoms with Gasteiger partial charge in [-0.25, -0.2) is 0 Å².